The largest absolute Gasteiger partial charge is 0.337 e. The highest BCUT2D eigenvalue weighted by Crippen LogP contribution is 2.28. The Bertz CT molecular complexity index is 671. The van der Waals surface area contributed by atoms with Crippen LogP contribution in [0.15, 0.2) is 42.5 Å². The molecule has 1 aliphatic heterocycles. The number of imide groups is 1. The second kappa shape index (κ2) is 6.86. The third kappa shape index (κ3) is 3.32. The number of rotatable bonds is 6. The highest BCUT2D eigenvalue weighted by molar-refractivity contribution is 6.09. The maximum Gasteiger partial charge on any atom is 0.325 e. The van der Waals surface area contributed by atoms with Gasteiger partial charge in [0.2, 0.25) is 5.91 Å². The first-order chi connectivity index (χ1) is 11.3. The summed E-state index contributed by atoms with van der Waals surface area (Å²) in [7, 11) is 0. The minimum absolute atomic E-state index is 0.270. The lowest BCUT2D eigenvalue weighted by Crippen LogP contribution is -2.44. The summed E-state index contributed by atoms with van der Waals surface area (Å²) in [4.78, 5) is 40.0. The molecular formula is C18H23N3O3. The third-order valence-corrected chi connectivity index (χ3v) is 4.11. The van der Waals surface area contributed by atoms with E-state index < -0.39 is 17.5 Å². The molecule has 0 spiro atoms. The van der Waals surface area contributed by atoms with E-state index in [1.54, 1.807) is 36.1 Å². The van der Waals surface area contributed by atoms with Gasteiger partial charge in [0.15, 0.2) is 0 Å². The van der Waals surface area contributed by atoms with E-state index in [2.05, 4.69) is 11.9 Å². The first kappa shape index (κ1) is 17.7. The quantitative estimate of drug-likeness (QED) is 0.640. The van der Waals surface area contributed by atoms with Gasteiger partial charge in [0.25, 0.3) is 5.91 Å². The number of carbonyl (C=O) groups excluding carboxylic acids is 3. The smallest absolute Gasteiger partial charge is 0.325 e. The molecule has 1 saturated heterocycles. The van der Waals surface area contributed by atoms with Crippen molar-refractivity contribution < 1.29 is 14.4 Å². The van der Waals surface area contributed by atoms with Crippen LogP contribution in [0, 0.1) is 0 Å². The zero-order valence-corrected chi connectivity index (χ0v) is 14.3. The normalized spacial score (nSPS) is 20.0. The Kier molecular flexibility index (Phi) is 5.07. The van der Waals surface area contributed by atoms with Gasteiger partial charge in [-0.25, -0.2) is 4.79 Å². The Morgan fingerprint density at radius 1 is 1.29 bits per heavy atom. The van der Waals surface area contributed by atoms with Gasteiger partial charge in [-0.1, -0.05) is 42.5 Å². The lowest BCUT2D eigenvalue weighted by Gasteiger charge is -2.24. The molecule has 6 heteroatoms. The maximum absolute atomic E-state index is 12.8. The Balaban J connectivity index is 2.18. The molecule has 0 bridgehead atoms. The predicted octanol–water partition coefficient (Wildman–Crippen LogP) is 1.88. The fraction of sp³-hybridized carbons (Fsp3) is 0.389. The van der Waals surface area contributed by atoms with Crippen LogP contribution in [0.1, 0.15) is 26.3 Å². The van der Waals surface area contributed by atoms with E-state index in [0.29, 0.717) is 18.7 Å². The van der Waals surface area contributed by atoms with Crippen molar-refractivity contribution in [3.8, 4) is 0 Å². The summed E-state index contributed by atoms with van der Waals surface area (Å²) < 4.78 is 0. The molecule has 1 N–H and O–H groups in total. The predicted molar refractivity (Wildman–Crippen MR) is 91.1 cm³/mol. The number of benzene rings is 1. The highest BCUT2D eigenvalue weighted by atomic mass is 16.2. The van der Waals surface area contributed by atoms with Gasteiger partial charge in [-0.3, -0.25) is 14.5 Å². The van der Waals surface area contributed by atoms with Crippen LogP contribution in [0.3, 0.4) is 0 Å². The summed E-state index contributed by atoms with van der Waals surface area (Å²) in [6, 6.07) is 8.46. The second-order valence-corrected chi connectivity index (χ2v) is 6.18. The lowest BCUT2D eigenvalue weighted by atomic mass is 9.92. The van der Waals surface area contributed by atoms with Crippen LogP contribution in [-0.4, -0.2) is 47.3 Å². The van der Waals surface area contributed by atoms with E-state index in [4.69, 9.17) is 0 Å². The number of hydrogen-bond acceptors (Lipinski definition) is 3. The van der Waals surface area contributed by atoms with Crippen LogP contribution in [0.5, 0.6) is 0 Å². The van der Waals surface area contributed by atoms with Gasteiger partial charge in [-0.05, 0) is 26.3 Å². The Morgan fingerprint density at radius 2 is 1.92 bits per heavy atom. The monoisotopic (exact) mass is 329 g/mol. The molecule has 0 saturated carbocycles. The molecule has 1 fully saturated rings. The molecule has 2 rings (SSSR count). The van der Waals surface area contributed by atoms with Crippen LogP contribution < -0.4 is 5.32 Å². The van der Waals surface area contributed by atoms with E-state index in [9.17, 15) is 14.4 Å². The topological polar surface area (TPSA) is 69.7 Å². The van der Waals surface area contributed by atoms with Gasteiger partial charge in [-0.15, -0.1) is 0 Å². The van der Waals surface area contributed by atoms with Crippen molar-refractivity contribution in [3.63, 3.8) is 0 Å². The van der Waals surface area contributed by atoms with Crippen molar-refractivity contribution in [3.05, 3.63) is 48.0 Å². The molecule has 1 aromatic carbocycles. The van der Waals surface area contributed by atoms with Crippen molar-refractivity contribution in [1.82, 2.24) is 15.1 Å². The van der Waals surface area contributed by atoms with Gasteiger partial charge < -0.3 is 10.2 Å². The van der Waals surface area contributed by atoms with Crippen molar-refractivity contribution in [2.45, 2.75) is 26.3 Å². The molecule has 0 radical (unpaired) electrons. The summed E-state index contributed by atoms with van der Waals surface area (Å²) in [6.07, 6.45) is 0. The summed E-state index contributed by atoms with van der Waals surface area (Å²) in [5.74, 6) is -0.695. The lowest BCUT2D eigenvalue weighted by molar-refractivity contribution is -0.138. The molecule has 1 aliphatic rings. The molecular weight excluding hydrogens is 306 g/mol. The Morgan fingerprint density at radius 3 is 2.46 bits per heavy atom. The zero-order valence-electron chi connectivity index (χ0n) is 14.3. The Hall–Kier alpha value is -2.63. The molecule has 6 nitrogen and oxygen atoms in total. The third-order valence-electron chi connectivity index (χ3n) is 4.11. The Labute approximate surface area is 142 Å². The minimum Gasteiger partial charge on any atom is -0.337 e. The van der Waals surface area contributed by atoms with Crippen molar-refractivity contribution >= 4 is 17.8 Å². The highest BCUT2D eigenvalue weighted by Gasteiger charge is 2.49. The maximum atomic E-state index is 12.8. The molecule has 128 valence electrons. The SMILES string of the molecule is C=C(C)CN(CC)C(=O)CN1C(=O)NC(C)(c2ccccc2)C1=O. The average molecular weight is 329 g/mol. The van der Waals surface area contributed by atoms with Crippen LogP contribution in [0.4, 0.5) is 4.79 Å². The molecule has 0 aromatic heterocycles. The number of likely N-dealkylation sites (N-methyl/N-ethyl adjacent to an activating group) is 1. The standard InChI is InChI=1S/C18H23N3O3/c1-5-20(11-13(2)3)15(22)12-21-16(23)18(4,19-17(21)24)14-9-7-6-8-10-14/h6-10H,2,5,11-12H2,1,3-4H3,(H,19,24). The zero-order chi connectivity index (χ0) is 17.9. The van der Waals surface area contributed by atoms with Crippen LogP contribution in [0.2, 0.25) is 0 Å². The fourth-order valence-corrected chi connectivity index (χ4v) is 2.75. The van der Waals surface area contributed by atoms with Crippen molar-refractivity contribution in [2.75, 3.05) is 19.6 Å². The van der Waals surface area contributed by atoms with Crippen LogP contribution in [0.25, 0.3) is 0 Å². The van der Waals surface area contributed by atoms with E-state index in [0.717, 1.165) is 10.5 Å². The average Bonchev–Trinajstić information content (AvgIpc) is 2.77. The van der Waals surface area contributed by atoms with E-state index in [1.165, 1.54) is 0 Å². The number of hydrogen-bond donors (Lipinski definition) is 1. The van der Waals surface area contributed by atoms with Crippen molar-refractivity contribution in [1.29, 1.82) is 0 Å². The van der Waals surface area contributed by atoms with E-state index >= 15 is 0 Å². The molecule has 1 atom stereocenters. The van der Waals surface area contributed by atoms with E-state index in [-0.39, 0.29) is 12.5 Å². The van der Waals surface area contributed by atoms with E-state index in [1.807, 2.05) is 19.9 Å². The van der Waals surface area contributed by atoms with Gasteiger partial charge in [-0.2, -0.15) is 0 Å². The van der Waals surface area contributed by atoms with Crippen molar-refractivity contribution in [2.24, 2.45) is 0 Å². The number of urea groups is 1. The van der Waals surface area contributed by atoms with Gasteiger partial charge in [0.1, 0.15) is 12.1 Å². The molecule has 1 heterocycles. The van der Waals surface area contributed by atoms with Gasteiger partial charge in [0.05, 0.1) is 0 Å². The number of nitrogens with one attached hydrogen (secondary N) is 1. The molecule has 24 heavy (non-hydrogen) atoms. The minimum atomic E-state index is -1.15. The molecule has 1 unspecified atom stereocenters. The molecule has 1 aromatic rings. The first-order valence-corrected chi connectivity index (χ1v) is 7.91. The summed E-state index contributed by atoms with van der Waals surface area (Å²) in [5.41, 5.74) is 0.383. The van der Waals surface area contributed by atoms with Crippen LogP contribution in [-0.2, 0) is 15.1 Å². The fourth-order valence-electron chi connectivity index (χ4n) is 2.75. The molecule has 4 amide bonds. The van der Waals surface area contributed by atoms with Crippen LogP contribution >= 0.6 is 0 Å². The van der Waals surface area contributed by atoms with Gasteiger partial charge in [0, 0.05) is 13.1 Å². The number of carbonyl (C=O) groups is 3. The second-order valence-electron chi connectivity index (χ2n) is 6.18. The number of amides is 4. The first-order valence-electron chi connectivity index (χ1n) is 7.91. The van der Waals surface area contributed by atoms with Gasteiger partial charge >= 0.3 is 6.03 Å². The summed E-state index contributed by atoms with van der Waals surface area (Å²) in [5, 5.41) is 2.70. The molecule has 0 aliphatic carbocycles. The number of nitrogens with zero attached hydrogens (tertiary/aromatic N) is 2. The summed E-state index contributed by atoms with van der Waals surface area (Å²) in [6.45, 7) is 9.76. The summed E-state index contributed by atoms with van der Waals surface area (Å²) >= 11 is 0.